The molecule has 2 heterocycles. The molecule has 0 aliphatic carbocycles. The van der Waals surface area contributed by atoms with Crippen LogP contribution in [-0.2, 0) is 9.84 Å². The van der Waals surface area contributed by atoms with Crippen molar-refractivity contribution in [1.82, 2.24) is 19.8 Å². The van der Waals surface area contributed by atoms with Crippen LogP contribution in [0.4, 0.5) is 5.82 Å². The predicted molar refractivity (Wildman–Crippen MR) is 97.6 cm³/mol. The molecule has 1 unspecified atom stereocenters. The van der Waals surface area contributed by atoms with Crippen molar-refractivity contribution in [1.29, 1.82) is 0 Å². The Hall–Kier alpha value is -1.74. The minimum absolute atomic E-state index is 0.0323. The van der Waals surface area contributed by atoms with Gasteiger partial charge in [0.2, 0.25) is 0 Å². The molecule has 2 rings (SSSR count). The van der Waals surface area contributed by atoms with E-state index in [0.29, 0.717) is 36.8 Å². The molecule has 1 aliphatic rings. The average Bonchev–Trinajstić information content (AvgIpc) is 2.87. The van der Waals surface area contributed by atoms with Gasteiger partial charge < -0.3 is 15.1 Å². The second-order valence-electron chi connectivity index (χ2n) is 6.56. The Morgan fingerprint density at radius 2 is 2.08 bits per heavy atom. The molecular formula is C16H27N5O3S. The van der Waals surface area contributed by atoms with Crippen molar-refractivity contribution in [2.24, 2.45) is 0 Å². The number of hydrogen-bond donors (Lipinski definition) is 1. The van der Waals surface area contributed by atoms with E-state index >= 15 is 0 Å². The topological polar surface area (TPSA) is 95.5 Å². The number of aromatic nitrogens is 2. The normalized spacial score (nSPS) is 19.2. The number of rotatable bonds is 7. The number of sulfone groups is 1. The van der Waals surface area contributed by atoms with Gasteiger partial charge in [0.15, 0.2) is 9.84 Å². The lowest BCUT2D eigenvalue weighted by molar-refractivity contribution is 0.0702. The highest BCUT2D eigenvalue weighted by atomic mass is 32.2. The van der Waals surface area contributed by atoms with Gasteiger partial charge in [-0.3, -0.25) is 4.79 Å². The molecule has 0 bridgehead atoms. The molecule has 0 saturated carbocycles. The van der Waals surface area contributed by atoms with Crippen molar-refractivity contribution < 1.29 is 13.2 Å². The maximum Gasteiger partial charge on any atom is 0.272 e. The molecule has 140 valence electrons. The highest BCUT2D eigenvalue weighted by molar-refractivity contribution is 7.91. The molecule has 1 aliphatic heterocycles. The molecule has 8 nitrogen and oxygen atoms in total. The molecule has 25 heavy (non-hydrogen) atoms. The van der Waals surface area contributed by atoms with Crippen LogP contribution < -0.4 is 5.32 Å². The van der Waals surface area contributed by atoms with Gasteiger partial charge in [-0.25, -0.2) is 18.4 Å². The van der Waals surface area contributed by atoms with E-state index in [-0.39, 0.29) is 23.5 Å². The Balaban J connectivity index is 2.15. The average molecular weight is 369 g/mol. The van der Waals surface area contributed by atoms with Crippen LogP contribution in [0.15, 0.2) is 6.07 Å². The van der Waals surface area contributed by atoms with E-state index < -0.39 is 9.84 Å². The van der Waals surface area contributed by atoms with Gasteiger partial charge in [0.25, 0.3) is 5.91 Å². The fourth-order valence-electron chi connectivity index (χ4n) is 2.91. The van der Waals surface area contributed by atoms with Crippen molar-refractivity contribution in [2.75, 3.05) is 50.6 Å². The van der Waals surface area contributed by atoms with E-state index in [9.17, 15) is 13.2 Å². The van der Waals surface area contributed by atoms with E-state index in [1.54, 1.807) is 17.9 Å². The van der Waals surface area contributed by atoms with E-state index in [0.717, 1.165) is 6.54 Å². The summed E-state index contributed by atoms with van der Waals surface area (Å²) in [6.45, 7) is 5.59. The maximum atomic E-state index is 12.9. The van der Waals surface area contributed by atoms with Gasteiger partial charge in [0.05, 0.1) is 11.5 Å². The first-order chi connectivity index (χ1) is 11.7. The predicted octanol–water partition coefficient (Wildman–Crippen LogP) is 0.408. The number of carbonyl (C=O) groups excluding carboxylic acids is 1. The summed E-state index contributed by atoms with van der Waals surface area (Å²) in [6, 6.07) is 1.36. The first-order valence-corrected chi connectivity index (χ1v) is 10.3. The molecule has 0 aromatic carbocycles. The Morgan fingerprint density at radius 1 is 1.36 bits per heavy atom. The summed E-state index contributed by atoms with van der Waals surface area (Å²) in [6.07, 6.45) is 0.486. The molecule has 1 aromatic heterocycles. The molecule has 9 heteroatoms. The zero-order valence-corrected chi connectivity index (χ0v) is 16.1. The number of likely N-dealkylation sites (N-methyl/N-ethyl adjacent to an activating group) is 1. The lowest BCUT2D eigenvalue weighted by Gasteiger charge is -2.26. The van der Waals surface area contributed by atoms with Crippen LogP contribution >= 0.6 is 0 Å². The van der Waals surface area contributed by atoms with E-state index in [4.69, 9.17) is 0 Å². The third-order valence-electron chi connectivity index (χ3n) is 4.17. The van der Waals surface area contributed by atoms with Gasteiger partial charge in [-0.05, 0) is 34.4 Å². The Kier molecular flexibility index (Phi) is 6.34. The molecule has 1 aromatic rings. The zero-order chi connectivity index (χ0) is 18.6. The molecule has 1 amide bonds. The molecular weight excluding hydrogens is 342 g/mol. The maximum absolute atomic E-state index is 12.9. The summed E-state index contributed by atoms with van der Waals surface area (Å²) in [4.78, 5) is 25.1. The summed E-state index contributed by atoms with van der Waals surface area (Å²) in [5.74, 6) is 1.04. The number of nitrogens with zero attached hydrogens (tertiary/aromatic N) is 4. The summed E-state index contributed by atoms with van der Waals surface area (Å²) in [5, 5.41) is 3.19. The van der Waals surface area contributed by atoms with Crippen LogP contribution in [-0.4, -0.2) is 85.4 Å². The highest BCUT2D eigenvalue weighted by Gasteiger charge is 2.34. The molecule has 1 atom stereocenters. The van der Waals surface area contributed by atoms with E-state index in [2.05, 4.69) is 15.3 Å². The first-order valence-electron chi connectivity index (χ1n) is 8.47. The van der Waals surface area contributed by atoms with E-state index in [1.807, 2.05) is 25.9 Å². The SMILES string of the molecule is CCN(C(=O)c1cc(NCCN(C)C)nc(C)n1)C1CCS(=O)(=O)C1. The second kappa shape index (κ2) is 8.09. The Bertz CT molecular complexity index is 720. The van der Waals surface area contributed by atoms with Gasteiger partial charge in [-0.15, -0.1) is 0 Å². The van der Waals surface area contributed by atoms with Crippen LogP contribution in [0.1, 0.15) is 29.7 Å². The summed E-state index contributed by atoms with van der Waals surface area (Å²) in [7, 11) is 0.919. The fourth-order valence-corrected chi connectivity index (χ4v) is 4.64. The number of aryl methyl sites for hydroxylation is 1. The van der Waals surface area contributed by atoms with Crippen LogP contribution in [0, 0.1) is 6.92 Å². The third kappa shape index (κ3) is 5.37. The minimum atomic E-state index is -3.05. The number of carbonyl (C=O) groups is 1. The van der Waals surface area contributed by atoms with Crippen molar-refractivity contribution in [3.63, 3.8) is 0 Å². The second-order valence-corrected chi connectivity index (χ2v) is 8.79. The molecule has 0 spiro atoms. The van der Waals surface area contributed by atoms with Gasteiger partial charge in [-0.1, -0.05) is 0 Å². The van der Waals surface area contributed by atoms with Crippen LogP contribution in [0.2, 0.25) is 0 Å². The van der Waals surface area contributed by atoms with Crippen molar-refractivity contribution in [3.05, 3.63) is 17.6 Å². The fraction of sp³-hybridized carbons (Fsp3) is 0.688. The largest absolute Gasteiger partial charge is 0.369 e. The van der Waals surface area contributed by atoms with Crippen LogP contribution in [0.5, 0.6) is 0 Å². The lowest BCUT2D eigenvalue weighted by Crippen LogP contribution is -2.41. The summed E-state index contributed by atoms with van der Waals surface area (Å²) >= 11 is 0. The van der Waals surface area contributed by atoms with Gasteiger partial charge in [0.1, 0.15) is 17.3 Å². The minimum Gasteiger partial charge on any atom is -0.369 e. The van der Waals surface area contributed by atoms with Gasteiger partial charge >= 0.3 is 0 Å². The standard InChI is InChI=1S/C16H27N5O3S/c1-5-21(13-6-9-25(23,24)11-13)16(22)14-10-15(19-12(2)18-14)17-7-8-20(3)4/h10,13H,5-9,11H2,1-4H3,(H,17,18,19). The number of anilines is 1. The lowest BCUT2D eigenvalue weighted by atomic mass is 10.2. The number of hydrogen-bond acceptors (Lipinski definition) is 7. The molecule has 1 saturated heterocycles. The highest BCUT2D eigenvalue weighted by Crippen LogP contribution is 2.20. The van der Waals surface area contributed by atoms with Crippen molar-refractivity contribution in [2.45, 2.75) is 26.3 Å². The van der Waals surface area contributed by atoms with Crippen LogP contribution in [0.3, 0.4) is 0 Å². The van der Waals surface area contributed by atoms with Gasteiger partial charge in [0, 0.05) is 31.7 Å². The Morgan fingerprint density at radius 3 is 2.64 bits per heavy atom. The summed E-state index contributed by atoms with van der Waals surface area (Å²) < 4.78 is 23.4. The van der Waals surface area contributed by atoms with Crippen LogP contribution in [0.25, 0.3) is 0 Å². The summed E-state index contributed by atoms with van der Waals surface area (Å²) in [5.41, 5.74) is 0.297. The smallest absolute Gasteiger partial charge is 0.272 e. The molecule has 1 N–H and O–H groups in total. The van der Waals surface area contributed by atoms with Crippen molar-refractivity contribution in [3.8, 4) is 0 Å². The van der Waals surface area contributed by atoms with Gasteiger partial charge in [-0.2, -0.15) is 0 Å². The number of nitrogens with one attached hydrogen (secondary N) is 1. The third-order valence-corrected chi connectivity index (χ3v) is 5.92. The first kappa shape index (κ1) is 19.6. The quantitative estimate of drug-likeness (QED) is 0.743. The van der Waals surface area contributed by atoms with E-state index in [1.165, 1.54) is 0 Å². The Labute approximate surface area is 149 Å². The zero-order valence-electron chi connectivity index (χ0n) is 15.3. The molecule has 1 fully saturated rings. The number of amides is 1. The molecule has 0 radical (unpaired) electrons. The van der Waals surface area contributed by atoms with Crippen molar-refractivity contribution >= 4 is 21.6 Å². The monoisotopic (exact) mass is 369 g/mol.